The summed E-state index contributed by atoms with van der Waals surface area (Å²) >= 11 is 0. The monoisotopic (exact) mass is 250 g/mol. The summed E-state index contributed by atoms with van der Waals surface area (Å²) in [6.07, 6.45) is 2.33. The number of carbonyl (C=O) groups is 1. The van der Waals surface area contributed by atoms with E-state index >= 15 is 0 Å². The van der Waals surface area contributed by atoms with Gasteiger partial charge in [0.15, 0.2) is 0 Å². The minimum atomic E-state index is -0.957. The van der Waals surface area contributed by atoms with Crippen molar-refractivity contribution in [3.63, 3.8) is 0 Å². The molecule has 1 unspecified atom stereocenters. The van der Waals surface area contributed by atoms with Crippen LogP contribution in [0.2, 0.25) is 0 Å². The van der Waals surface area contributed by atoms with Crippen molar-refractivity contribution in [2.24, 2.45) is 0 Å². The number of hydrogen-bond donors (Lipinski definition) is 2. The summed E-state index contributed by atoms with van der Waals surface area (Å²) in [6, 6.07) is 4.87. The molecule has 1 saturated heterocycles. The number of ether oxygens (including phenoxy) is 1. The third kappa shape index (κ3) is 2.56. The van der Waals surface area contributed by atoms with E-state index in [0.29, 0.717) is 5.69 Å². The van der Waals surface area contributed by atoms with E-state index in [0.717, 1.165) is 31.6 Å². The number of methoxy groups -OCH3 is 1. The zero-order chi connectivity index (χ0) is 13.1. The molecule has 0 bridgehead atoms. The summed E-state index contributed by atoms with van der Waals surface area (Å²) in [5.41, 5.74) is 7.55. The lowest BCUT2D eigenvalue weighted by molar-refractivity contribution is 0.0697. The third-order valence-corrected chi connectivity index (χ3v) is 3.33. The van der Waals surface area contributed by atoms with Gasteiger partial charge in [0.05, 0.1) is 23.0 Å². The molecule has 1 fully saturated rings. The second kappa shape index (κ2) is 5.27. The Morgan fingerprint density at radius 1 is 1.56 bits per heavy atom. The molecule has 1 aliphatic heterocycles. The highest BCUT2D eigenvalue weighted by Crippen LogP contribution is 2.27. The van der Waals surface area contributed by atoms with Gasteiger partial charge in [-0.1, -0.05) is 0 Å². The Kier molecular flexibility index (Phi) is 3.72. The summed E-state index contributed by atoms with van der Waals surface area (Å²) in [4.78, 5) is 13.0. The van der Waals surface area contributed by atoms with Crippen LogP contribution in [0, 0.1) is 0 Å². The molecule has 0 spiro atoms. The van der Waals surface area contributed by atoms with Crippen LogP contribution in [0.4, 0.5) is 11.4 Å². The van der Waals surface area contributed by atoms with E-state index < -0.39 is 5.97 Å². The fraction of sp³-hybridized carbons (Fsp3) is 0.462. The average Bonchev–Trinajstić information content (AvgIpc) is 2.38. The lowest BCUT2D eigenvalue weighted by Gasteiger charge is -2.34. The topological polar surface area (TPSA) is 75.8 Å². The number of nitrogens with two attached hydrogens (primary N) is 1. The Balaban J connectivity index is 2.20. The first kappa shape index (κ1) is 12.7. The Morgan fingerprint density at radius 3 is 2.94 bits per heavy atom. The number of nitrogens with zero attached hydrogens (tertiary/aromatic N) is 1. The average molecular weight is 250 g/mol. The highest BCUT2D eigenvalue weighted by atomic mass is 16.5. The molecule has 18 heavy (non-hydrogen) atoms. The second-order valence-electron chi connectivity index (χ2n) is 4.52. The Hall–Kier alpha value is -1.75. The van der Waals surface area contributed by atoms with Crippen LogP contribution in [0.25, 0.3) is 0 Å². The summed E-state index contributed by atoms with van der Waals surface area (Å²) in [6.45, 7) is 1.73. The first-order chi connectivity index (χ1) is 8.61. The number of hydrogen-bond acceptors (Lipinski definition) is 4. The minimum absolute atomic E-state index is 0.219. The van der Waals surface area contributed by atoms with Crippen LogP contribution < -0.4 is 10.6 Å². The van der Waals surface area contributed by atoms with Gasteiger partial charge in [-0.05, 0) is 31.0 Å². The summed E-state index contributed by atoms with van der Waals surface area (Å²) in [7, 11) is 1.71. The molecule has 5 heteroatoms. The van der Waals surface area contributed by atoms with E-state index in [1.165, 1.54) is 6.07 Å². The standard InChI is InChI=1S/C13H18N2O3/c1-18-10-3-2-6-15(8-10)12-5-4-9(13(16)17)7-11(12)14/h4-5,7,10H,2-3,6,8,14H2,1H3,(H,16,17). The zero-order valence-corrected chi connectivity index (χ0v) is 10.4. The predicted octanol–water partition coefficient (Wildman–Crippen LogP) is 1.58. The molecule has 1 heterocycles. The van der Waals surface area contributed by atoms with Crippen LogP contribution >= 0.6 is 0 Å². The molecule has 2 rings (SSSR count). The molecule has 0 aromatic heterocycles. The molecule has 0 saturated carbocycles. The lowest BCUT2D eigenvalue weighted by Crippen LogP contribution is -2.39. The number of anilines is 2. The van der Waals surface area contributed by atoms with Crippen molar-refractivity contribution in [1.82, 2.24) is 0 Å². The van der Waals surface area contributed by atoms with Crippen LogP contribution in [0.5, 0.6) is 0 Å². The molecule has 1 atom stereocenters. The van der Waals surface area contributed by atoms with Crippen molar-refractivity contribution < 1.29 is 14.6 Å². The van der Waals surface area contributed by atoms with Crippen molar-refractivity contribution in [1.29, 1.82) is 0 Å². The third-order valence-electron chi connectivity index (χ3n) is 3.33. The largest absolute Gasteiger partial charge is 0.478 e. The van der Waals surface area contributed by atoms with Gasteiger partial charge >= 0.3 is 5.97 Å². The maximum Gasteiger partial charge on any atom is 0.335 e. The molecule has 98 valence electrons. The fourth-order valence-electron chi connectivity index (χ4n) is 2.32. The van der Waals surface area contributed by atoms with Crippen molar-refractivity contribution >= 4 is 17.3 Å². The molecule has 1 aliphatic rings. The van der Waals surface area contributed by atoms with E-state index in [9.17, 15) is 4.79 Å². The smallest absolute Gasteiger partial charge is 0.335 e. The molecular weight excluding hydrogens is 232 g/mol. The van der Waals surface area contributed by atoms with Gasteiger partial charge in [-0.15, -0.1) is 0 Å². The van der Waals surface area contributed by atoms with Gasteiger partial charge in [0, 0.05) is 20.2 Å². The predicted molar refractivity (Wildman–Crippen MR) is 70.1 cm³/mol. The van der Waals surface area contributed by atoms with Gasteiger partial charge in [0.1, 0.15) is 0 Å². The van der Waals surface area contributed by atoms with Crippen LogP contribution in [0.15, 0.2) is 18.2 Å². The summed E-state index contributed by atoms with van der Waals surface area (Å²) in [5, 5.41) is 8.90. The van der Waals surface area contributed by atoms with Crippen molar-refractivity contribution in [3.05, 3.63) is 23.8 Å². The highest BCUT2D eigenvalue weighted by molar-refractivity contribution is 5.90. The van der Waals surface area contributed by atoms with E-state index in [-0.39, 0.29) is 11.7 Å². The maximum atomic E-state index is 10.8. The number of carboxylic acids is 1. The first-order valence-corrected chi connectivity index (χ1v) is 6.02. The summed E-state index contributed by atoms with van der Waals surface area (Å²) in [5.74, 6) is -0.957. The Bertz CT molecular complexity index is 448. The van der Waals surface area contributed by atoms with E-state index in [2.05, 4.69) is 4.90 Å². The van der Waals surface area contributed by atoms with Crippen molar-refractivity contribution in [2.45, 2.75) is 18.9 Å². The number of rotatable bonds is 3. The lowest BCUT2D eigenvalue weighted by atomic mass is 10.1. The van der Waals surface area contributed by atoms with Crippen LogP contribution in [0.3, 0.4) is 0 Å². The van der Waals surface area contributed by atoms with Crippen LogP contribution in [-0.4, -0.2) is 37.4 Å². The van der Waals surface area contributed by atoms with Gasteiger partial charge in [0.2, 0.25) is 0 Å². The van der Waals surface area contributed by atoms with Gasteiger partial charge < -0.3 is 20.5 Å². The number of nitrogen functional groups attached to an aromatic ring is 1. The van der Waals surface area contributed by atoms with Gasteiger partial charge in [-0.2, -0.15) is 0 Å². The molecule has 1 aromatic carbocycles. The molecule has 3 N–H and O–H groups in total. The molecule has 5 nitrogen and oxygen atoms in total. The highest BCUT2D eigenvalue weighted by Gasteiger charge is 2.21. The zero-order valence-electron chi connectivity index (χ0n) is 10.4. The van der Waals surface area contributed by atoms with E-state index in [1.54, 1.807) is 19.2 Å². The van der Waals surface area contributed by atoms with Gasteiger partial charge in [0.25, 0.3) is 0 Å². The maximum absolute atomic E-state index is 10.8. The SMILES string of the molecule is COC1CCCN(c2ccc(C(=O)O)cc2N)C1. The second-order valence-corrected chi connectivity index (χ2v) is 4.52. The molecule has 0 amide bonds. The molecule has 0 aliphatic carbocycles. The molecule has 0 radical (unpaired) electrons. The summed E-state index contributed by atoms with van der Waals surface area (Å²) < 4.78 is 5.37. The Morgan fingerprint density at radius 2 is 2.33 bits per heavy atom. The van der Waals surface area contributed by atoms with Gasteiger partial charge in [-0.25, -0.2) is 4.79 Å². The van der Waals surface area contributed by atoms with Crippen molar-refractivity contribution in [3.8, 4) is 0 Å². The van der Waals surface area contributed by atoms with E-state index in [4.69, 9.17) is 15.6 Å². The normalized spacial score (nSPS) is 19.8. The minimum Gasteiger partial charge on any atom is -0.478 e. The number of aromatic carboxylic acids is 1. The van der Waals surface area contributed by atoms with Crippen LogP contribution in [0.1, 0.15) is 23.2 Å². The first-order valence-electron chi connectivity index (χ1n) is 6.02. The number of benzene rings is 1. The fourth-order valence-corrected chi connectivity index (χ4v) is 2.32. The number of carboxylic acid groups (broad SMARTS) is 1. The quantitative estimate of drug-likeness (QED) is 0.797. The molecular formula is C13H18N2O3. The van der Waals surface area contributed by atoms with Gasteiger partial charge in [-0.3, -0.25) is 0 Å². The van der Waals surface area contributed by atoms with Crippen molar-refractivity contribution in [2.75, 3.05) is 30.8 Å². The molecule has 1 aromatic rings. The van der Waals surface area contributed by atoms with E-state index in [1.807, 2.05) is 0 Å². The number of piperidine rings is 1. The Labute approximate surface area is 106 Å². The van der Waals surface area contributed by atoms with Crippen LogP contribution in [-0.2, 0) is 4.74 Å².